The van der Waals surface area contributed by atoms with Crippen LogP contribution in [0, 0.1) is 11.8 Å². The number of thiophene rings is 1. The van der Waals surface area contributed by atoms with Crippen molar-refractivity contribution in [1.82, 2.24) is 14.5 Å². The van der Waals surface area contributed by atoms with E-state index in [1.807, 2.05) is 13.1 Å². The SMILES string of the molecule is CN=C(NCc1ccc(S(=O)(=O)N2CCCCC2)s1)N1CC2CCCCC2C1.I. The highest BCUT2D eigenvalue weighted by Gasteiger charge is 2.35. The molecule has 3 aliphatic rings. The summed E-state index contributed by atoms with van der Waals surface area (Å²) in [4.78, 5) is 7.91. The molecule has 6 nitrogen and oxygen atoms in total. The summed E-state index contributed by atoms with van der Waals surface area (Å²) in [5.74, 6) is 2.58. The summed E-state index contributed by atoms with van der Waals surface area (Å²) >= 11 is 1.38. The average molecular weight is 553 g/mol. The number of nitrogens with zero attached hydrogens (tertiary/aromatic N) is 3. The van der Waals surface area contributed by atoms with Crippen molar-refractivity contribution in [2.45, 2.75) is 55.7 Å². The number of piperidine rings is 1. The number of halogens is 1. The van der Waals surface area contributed by atoms with E-state index in [9.17, 15) is 8.42 Å². The smallest absolute Gasteiger partial charge is 0.252 e. The van der Waals surface area contributed by atoms with Gasteiger partial charge in [0.25, 0.3) is 10.0 Å². The molecule has 2 unspecified atom stereocenters. The van der Waals surface area contributed by atoms with Gasteiger partial charge in [-0.25, -0.2) is 8.42 Å². The lowest BCUT2D eigenvalue weighted by Gasteiger charge is -2.25. The Hall–Kier alpha value is -0.390. The van der Waals surface area contributed by atoms with Gasteiger partial charge in [0.1, 0.15) is 4.21 Å². The Labute approximate surface area is 196 Å². The maximum absolute atomic E-state index is 12.8. The summed E-state index contributed by atoms with van der Waals surface area (Å²) < 4.78 is 27.8. The van der Waals surface area contributed by atoms with Crippen LogP contribution in [0.5, 0.6) is 0 Å². The molecule has 2 saturated heterocycles. The largest absolute Gasteiger partial charge is 0.351 e. The topological polar surface area (TPSA) is 65.0 Å². The zero-order chi connectivity index (χ0) is 19.6. The van der Waals surface area contributed by atoms with Gasteiger partial charge >= 0.3 is 0 Å². The molecule has 0 amide bonds. The lowest BCUT2D eigenvalue weighted by Crippen LogP contribution is -2.39. The molecule has 3 fully saturated rings. The fraction of sp³-hybridized carbons (Fsp3) is 0.750. The van der Waals surface area contributed by atoms with Gasteiger partial charge in [-0.2, -0.15) is 4.31 Å². The first-order chi connectivity index (χ1) is 13.6. The van der Waals surface area contributed by atoms with Gasteiger partial charge in [-0.1, -0.05) is 19.3 Å². The number of guanidine groups is 1. The summed E-state index contributed by atoms with van der Waals surface area (Å²) in [5.41, 5.74) is 0. The molecule has 1 aromatic rings. The van der Waals surface area contributed by atoms with Crippen LogP contribution in [0.15, 0.2) is 21.3 Å². The van der Waals surface area contributed by atoms with E-state index in [1.165, 1.54) is 37.0 Å². The monoisotopic (exact) mass is 552 g/mol. The number of hydrogen-bond acceptors (Lipinski definition) is 4. The third-order valence-corrected chi connectivity index (χ3v) is 9.91. The van der Waals surface area contributed by atoms with Gasteiger partial charge in [0.05, 0.1) is 6.54 Å². The van der Waals surface area contributed by atoms with E-state index in [1.54, 1.807) is 10.4 Å². The Kier molecular flexibility index (Phi) is 8.25. The van der Waals surface area contributed by atoms with Crippen LogP contribution in [0.4, 0.5) is 0 Å². The van der Waals surface area contributed by atoms with Crippen LogP contribution >= 0.6 is 35.3 Å². The molecule has 3 heterocycles. The van der Waals surface area contributed by atoms with E-state index in [0.717, 1.165) is 55.0 Å². The number of likely N-dealkylation sites (tertiary alicyclic amines) is 1. The Balaban J connectivity index is 0.00000240. The minimum Gasteiger partial charge on any atom is -0.351 e. The Morgan fingerprint density at radius 3 is 2.38 bits per heavy atom. The van der Waals surface area contributed by atoms with Gasteiger partial charge in [-0.15, -0.1) is 35.3 Å². The Morgan fingerprint density at radius 1 is 1.10 bits per heavy atom. The van der Waals surface area contributed by atoms with Crippen molar-refractivity contribution in [2.24, 2.45) is 16.8 Å². The van der Waals surface area contributed by atoms with E-state index in [4.69, 9.17) is 0 Å². The van der Waals surface area contributed by atoms with Gasteiger partial charge in [0.15, 0.2) is 5.96 Å². The zero-order valence-electron chi connectivity index (χ0n) is 17.2. The highest BCUT2D eigenvalue weighted by atomic mass is 127. The number of rotatable bonds is 4. The van der Waals surface area contributed by atoms with Gasteiger partial charge < -0.3 is 10.2 Å². The number of aliphatic imine (C=N–C) groups is 1. The van der Waals surface area contributed by atoms with E-state index in [0.29, 0.717) is 23.8 Å². The summed E-state index contributed by atoms with van der Waals surface area (Å²) in [6.07, 6.45) is 8.49. The van der Waals surface area contributed by atoms with Crippen molar-refractivity contribution >= 4 is 51.3 Å². The normalized spacial score (nSPS) is 26.1. The van der Waals surface area contributed by atoms with Crippen molar-refractivity contribution in [1.29, 1.82) is 0 Å². The van der Waals surface area contributed by atoms with E-state index >= 15 is 0 Å². The summed E-state index contributed by atoms with van der Waals surface area (Å²) in [5, 5.41) is 3.46. The lowest BCUT2D eigenvalue weighted by molar-refractivity contribution is 0.299. The predicted octanol–water partition coefficient (Wildman–Crippen LogP) is 3.74. The van der Waals surface area contributed by atoms with Gasteiger partial charge in [0, 0.05) is 38.1 Å². The maximum atomic E-state index is 12.8. The quantitative estimate of drug-likeness (QED) is 0.351. The van der Waals surface area contributed by atoms with E-state index in [-0.39, 0.29) is 24.0 Å². The van der Waals surface area contributed by atoms with Crippen molar-refractivity contribution in [2.75, 3.05) is 33.2 Å². The molecule has 4 rings (SSSR count). The first kappa shape index (κ1) is 23.3. The van der Waals surface area contributed by atoms with Crippen LogP contribution in [-0.2, 0) is 16.6 Å². The van der Waals surface area contributed by atoms with Crippen LogP contribution in [0.2, 0.25) is 0 Å². The molecule has 1 aliphatic carbocycles. The molecule has 2 aliphatic heterocycles. The fourth-order valence-corrected chi connectivity index (χ4v) is 7.87. The second-order valence-corrected chi connectivity index (χ2v) is 11.6. The van der Waals surface area contributed by atoms with E-state index in [2.05, 4.69) is 15.2 Å². The highest BCUT2D eigenvalue weighted by Crippen LogP contribution is 2.36. The van der Waals surface area contributed by atoms with E-state index < -0.39 is 10.0 Å². The number of hydrogen-bond donors (Lipinski definition) is 1. The molecule has 1 N–H and O–H groups in total. The molecule has 29 heavy (non-hydrogen) atoms. The van der Waals surface area contributed by atoms with Crippen molar-refractivity contribution in [3.05, 3.63) is 17.0 Å². The fourth-order valence-electron chi connectivity index (χ4n) is 4.90. The van der Waals surface area contributed by atoms with Gasteiger partial charge in [-0.05, 0) is 49.7 Å². The molecule has 0 bridgehead atoms. The van der Waals surface area contributed by atoms with Crippen LogP contribution in [0.25, 0.3) is 0 Å². The van der Waals surface area contributed by atoms with Gasteiger partial charge in [-0.3, -0.25) is 4.99 Å². The highest BCUT2D eigenvalue weighted by molar-refractivity contribution is 14.0. The third kappa shape index (κ3) is 5.27. The summed E-state index contributed by atoms with van der Waals surface area (Å²) in [6.45, 7) is 4.13. The Morgan fingerprint density at radius 2 is 1.76 bits per heavy atom. The predicted molar refractivity (Wildman–Crippen MR) is 130 cm³/mol. The molecular formula is C20H33IN4O2S2. The zero-order valence-corrected chi connectivity index (χ0v) is 21.1. The van der Waals surface area contributed by atoms with Crippen molar-refractivity contribution in [3.63, 3.8) is 0 Å². The van der Waals surface area contributed by atoms with Crippen LogP contribution in [0.3, 0.4) is 0 Å². The van der Waals surface area contributed by atoms with Crippen LogP contribution < -0.4 is 5.32 Å². The number of nitrogens with one attached hydrogen (secondary N) is 1. The molecule has 9 heteroatoms. The number of fused-ring (bicyclic) bond motifs is 1. The molecule has 1 saturated carbocycles. The van der Waals surface area contributed by atoms with Crippen LogP contribution in [0.1, 0.15) is 49.8 Å². The van der Waals surface area contributed by atoms with Crippen molar-refractivity contribution in [3.8, 4) is 0 Å². The molecule has 0 spiro atoms. The standard InChI is InChI=1S/C20H32N4O2S2.HI/c1-21-20(23-14-16-7-3-4-8-17(16)15-23)22-13-18-9-10-19(27-18)28(25,26)24-11-5-2-6-12-24;/h9-10,16-17H,2-8,11-15H2,1H3,(H,21,22);1H. The molecule has 2 atom stereocenters. The second kappa shape index (κ2) is 10.3. The lowest BCUT2D eigenvalue weighted by atomic mass is 9.82. The van der Waals surface area contributed by atoms with Gasteiger partial charge in [0.2, 0.25) is 0 Å². The average Bonchev–Trinajstić information content (AvgIpc) is 3.36. The molecule has 164 valence electrons. The minimum absolute atomic E-state index is 0. The molecular weight excluding hydrogens is 519 g/mol. The minimum atomic E-state index is -3.33. The number of sulfonamides is 1. The third-order valence-electron chi connectivity index (χ3n) is 6.45. The van der Waals surface area contributed by atoms with Crippen molar-refractivity contribution < 1.29 is 8.42 Å². The Bertz CT molecular complexity index is 791. The first-order valence-electron chi connectivity index (χ1n) is 10.6. The first-order valence-corrected chi connectivity index (χ1v) is 12.9. The molecule has 0 aromatic carbocycles. The maximum Gasteiger partial charge on any atom is 0.252 e. The van der Waals surface area contributed by atoms with Crippen LogP contribution in [-0.4, -0.2) is 56.8 Å². The second-order valence-electron chi connectivity index (χ2n) is 8.30. The summed E-state index contributed by atoms with van der Waals surface area (Å²) in [6, 6.07) is 3.70. The summed E-state index contributed by atoms with van der Waals surface area (Å²) in [7, 11) is -1.49. The molecule has 1 aromatic heterocycles. The molecule has 0 radical (unpaired) electrons.